The van der Waals surface area contributed by atoms with Crippen LogP contribution in [0, 0.1) is 5.92 Å². The molecule has 3 aromatic rings. The molecule has 8 heteroatoms. The molecule has 1 saturated heterocycles. The Morgan fingerprint density at radius 2 is 1.44 bits per heavy atom. The van der Waals surface area contributed by atoms with E-state index in [1.807, 2.05) is 42.5 Å². The molecule has 3 aromatic carbocycles. The fourth-order valence-electron chi connectivity index (χ4n) is 4.02. The smallest absolute Gasteiger partial charge is 0.0569 e. The molecule has 168 valence electrons. The van der Waals surface area contributed by atoms with Crippen molar-refractivity contribution in [2.24, 2.45) is 5.92 Å². The zero-order chi connectivity index (χ0) is 22.7. The van der Waals surface area contributed by atoms with Crippen molar-refractivity contribution in [1.29, 1.82) is 0 Å². The van der Waals surface area contributed by atoms with Gasteiger partial charge < -0.3 is 4.90 Å². The van der Waals surface area contributed by atoms with E-state index in [-0.39, 0.29) is 6.04 Å². The molecular weight excluding hydrogens is 526 g/mol. The van der Waals surface area contributed by atoms with E-state index in [4.69, 9.17) is 58.0 Å². The molecular formula is C24H21Cl5N2S. The van der Waals surface area contributed by atoms with E-state index in [9.17, 15) is 0 Å². The number of piperidine rings is 1. The largest absolute Gasteiger partial charge is 0.364 e. The van der Waals surface area contributed by atoms with Gasteiger partial charge in [0.1, 0.15) is 0 Å². The molecule has 0 saturated carbocycles. The minimum Gasteiger partial charge on any atom is -0.364 e. The Labute approximate surface area is 218 Å². The number of anilines is 1. The maximum atomic E-state index is 6.58. The molecule has 0 aromatic heterocycles. The van der Waals surface area contributed by atoms with Gasteiger partial charge in [-0.15, -0.1) is 0 Å². The van der Waals surface area contributed by atoms with Gasteiger partial charge in [-0.2, -0.15) is 0 Å². The summed E-state index contributed by atoms with van der Waals surface area (Å²) < 4.78 is 3.48. The van der Waals surface area contributed by atoms with Crippen LogP contribution in [0.5, 0.6) is 0 Å². The lowest BCUT2D eigenvalue weighted by atomic mass is 9.88. The van der Waals surface area contributed by atoms with Crippen LogP contribution in [0.4, 0.5) is 5.69 Å². The molecule has 4 rings (SSSR count). The second-order valence-corrected chi connectivity index (χ2v) is 10.8. The molecule has 0 amide bonds. The highest BCUT2D eigenvalue weighted by molar-refractivity contribution is 7.97. The topological polar surface area (TPSA) is 15.3 Å². The first-order valence-electron chi connectivity index (χ1n) is 10.2. The van der Waals surface area contributed by atoms with Crippen LogP contribution in [-0.2, 0) is 0 Å². The molecule has 1 fully saturated rings. The Morgan fingerprint density at radius 1 is 0.781 bits per heavy atom. The highest BCUT2D eigenvalue weighted by Gasteiger charge is 2.31. The Morgan fingerprint density at radius 3 is 2.12 bits per heavy atom. The first kappa shape index (κ1) is 24.3. The number of benzene rings is 3. The van der Waals surface area contributed by atoms with Crippen molar-refractivity contribution in [1.82, 2.24) is 4.72 Å². The summed E-state index contributed by atoms with van der Waals surface area (Å²) in [5, 5.41) is 3.36. The fraction of sp³-hybridized carbons (Fsp3) is 0.250. The summed E-state index contributed by atoms with van der Waals surface area (Å²) in [6.07, 6.45) is 2.07. The zero-order valence-corrected chi connectivity index (χ0v) is 21.6. The summed E-state index contributed by atoms with van der Waals surface area (Å²) in [7, 11) is 0. The van der Waals surface area contributed by atoms with E-state index in [1.165, 1.54) is 11.9 Å². The Hall–Kier alpha value is -0.780. The van der Waals surface area contributed by atoms with Crippen LogP contribution in [0.1, 0.15) is 24.4 Å². The van der Waals surface area contributed by atoms with Crippen LogP contribution in [0.25, 0.3) is 0 Å². The molecule has 1 heterocycles. The quantitative estimate of drug-likeness (QED) is 0.310. The third-order valence-electron chi connectivity index (χ3n) is 5.61. The first-order valence-corrected chi connectivity index (χ1v) is 12.9. The standard InChI is InChI=1S/C24H21Cl5N2S/c25-16-2-6-19(7-3-16)31-14-15(13-30-32-24-10-5-18(27)12-22(24)29)1-9-23(31)20-8-4-17(26)11-21(20)28/h2-8,10-12,15,23,30H,1,9,13-14H2. The predicted molar refractivity (Wildman–Crippen MR) is 141 cm³/mol. The van der Waals surface area contributed by atoms with Crippen molar-refractivity contribution < 1.29 is 0 Å². The summed E-state index contributed by atoms with van der Waals surface area (Å²) >= 11 is 32.7. The van der Waals surface area contributed by atoms with Gasteiger partial charge in [0.05, 0.1) is 11.1 Å². The summed E-state index contributed by atoms with van der Waals surface area (Å²) in [6, 6.07) is 19.5. The molecule has 0 bridgehead atoms. The summed E-state index contributed by atoms with van der Waals surface area (Å²) in [6.45, 7) is 1.75. The summed E-state index contributed by atoms with van der Waals surface area (Å²) in [4.78, 5) is 3.38. The first-order chi connectivity index (χ1) is 15.4. The summed E-state index contributed by atoms with van der Waals surface area (Å²) in [5.74, 6) is 0.464. The van der Waals surface area contributed by atoms with Gasteiger partial charge >= 0.3 is 0 Å². The minimum absolute atomic E-state index is 0.176. The number of hydrogen-bond acceptors (Lipinski definition) is 3. The molecule has 2 atom stereocenters. The maximum Gasteiger partial charge on any atom is 0.0569 e. The number of halogens is 5. The Kier molecular flexibility index (Phi) is 8.44. The number of nitrogens with zero attached hydrogens (tertiary/aromatic N) is 1. The van der Waals surface area contributed by atoms with Crippen molar-refractivity contribution in [3.05, 3.63) is 91.3 Å². The summed E-state index contributed by atoms with van der Waals surface area (Å²) in [5.41, 5.74) is 2.23. The van der Waals surface area contributed by atoms with Crippen molar-refractivity contribution in [3.8, 4) is 0 Å². The minimum atomic E-state index is 0.176. The van der Waals surface area contributed by atoms with Gasteiger partial charge in [-0.1, -0.05) is 64.1 Å². The van der Waals surface area contributed by atoms with Crippen molar-refractivity contribution in [2.45, 2.75) is 23.8 Å². The van der Waals surface area contributed by atoms with Gasteiger partial charge in [0.2, 0.25) is 0 Å². The lowest BCUT2D eigenvalue weighted by molar-refractivity contribution is 0.361. The van der Waals surface area contributed by atoms with Crippen LogP contribution in [0.3, 0.4) is 0 Å². The maximum absolute atomic E-state index is 6.58. The second kappa shape index (κ2) is 11.1. The Balaban J connectivity index is 1.49. The van der Waals surface area contributed by atoms with Gasteiger partial charge in [0.15, 0.2) is 0 Å². The van der Waals surface area contributed by atoms with Crippen LogP contribution >= 0.6 is 70.0 Å². The molecule has 0 aliphatic carbocycles. The fourth-order valence-corrected chi connectivity index (χ4v) is 5.97. The zero-order valence-electron chi connectivity index (χ0n) is 17.0. The van der Waals surface area contributed by atoms with Gasteiger partial charge in [0, 0.05) is 43.8 Å². The highest BCUT2D eigenvalue weighted by atomic mass is 35.5. The van der Waals surface area contributed by atoms with Gasteiger partial charge in [0.25, 0.3) is 0 Å². The third-order valence-corrected chi connectivity index (χ3v) is 7.97. The van der Waals surface area contributed by atoms with Gasteiger partial charge in [-0.3, -0.25) is 4.72 Å². The SMILES string of the molecule is Clc1ccc(N2CC(CNSc3ccc(Cl)cc3Cl)CCC2c2ccc(Cl)cc2Cl)cc1. The molecule has 2 unspecified atom stereocenters. The van der Waals surface area contributed by atoms with Crippen LogP contribution in [0.2, 0.25) is 25.1 Å². The molecule has 1 aliphatic rings. The lowest BCUT2D eigenvalue weighted by Crippen LogP contribution is -2.41. The predicted octanol–water partition coefficient (Wildman–Crippen LogP) is 9.21. The van der Waals surface area contributed by atoms with E-state index >= 15 is 0 Å². The van der Waals surface area contributed by atoms with Crippen molar-refractivity contribution >= 4 is 75.6 Å². The number of nitrogens with one attached hydrogen (secondary N) is 1. The lowest BCUT2D eigenvalue weighted by Gasteiger charge is -2.42. The number of hydrogen-bond donors (Lipinski definition) is 1. The molecule has 2 nitrogen and oxygen atoms in total. The van der Waals surface area contributed by atoms with E-state index in [1.54, 1.807) is 6.07 Å². The van der Waals surface area contributed by atoms with E-state index in [0.29, 0.717) is 26.0 Å². The van der Waals surface area contributed by atoms with E-state index in [2.05, 4.69) is 21.8 Å². The molecule has 0 spiro atoms. The second-order valence-electron chi connectivity index (χ2n) is 7.78. The molecule has 1 aliphatic heterocycles. The van der Waals surface area contributed by atoms with Crippen LogP contribution in [-0.4, -0.2) is 13.1 Å². The van der Waals surface area contributed by atoms with Crippen LogP contribution < -0.4 is 9.62 Å². The average molecular weight is 547 g/mol. The average Bonchev–Trinajstić information content (AvgIpc) is 2.76. The van der Waals surface area contributed by atoms with Gasteiger partial charge in [-0.05, 0) is 90.9 Å². The van der Waals surface area contributed by atoms with E-state index < -0.39 is 0 Å². The Bertz CT molecular complexity index is 1070. The molecule has 1 N–H and O–H groups in total. The van der Waals surface area contributed by atoms with Crippen LogP contribution in [0.15, 0.2) is 65.6 Å². The van der Waals surface area contributed by atoms with E-state index in [0.717, 1.165) is 47.1 Å². The highest BCUT2D eigenvalue weighted by Crippen LogP contribution is 2.40. The monoisotopic (exact) mass is 544 g/mol. The number of rotatable bonds is 6. The normalized spacial score (nSPS) is 18.7. The van der Waals surface area contributed by atoms with Crippen molar-refractivity contribution in [2.75, 3.05) is 18.0 Å². The van der Waals surface area contributed by atoms with Crippen molar-refractivity contribution in [3.63, 3.8) is 0 Å². The molecule has 32 heavy (non-hydrogen) atoms. The third kappa shape index (κ3) is 6.01. The molecule has 0 radical (unpaired) electrons. The van der Waals surface area contributed by atoms with Gasteiger partial charge in [-0.25, -0.2) is 0 Å².